The normalized spacial score (nSPS) is 14.6. The zero-order chi connectivity index (χ0) is 18.0. The van der Waals surface area contributed by atoms with Gasteiger partial charge in [-0.15, -0.1) is 0 Å². The smallest absolute Gasteiger partial charge is 0.370 e. The van der Waals surface area contributed by atoms with Gasteiger partial charge in [0.05, 0.1) is 16.9 Å². The lowest BCUT2D eigenvalue weighted by Gasteiger charge is -2.22. The number of benzene rings is 1. The molecule has 8 heteroatoms. The summed E-state index contributed by atoms with van der Waals surface area (Å²) in [6, 6.07) is 4.85. The number of nitrogens with zero attached hydrogens (tertiary/aromatic N) is 3. The standard InChI is InChI=1S/C17H17F3N4O/c1-11-21-7-6-13(22-11)16(25)23-14-10-12(17(18,19)20)4-5-15(14)24-8-2-3-9-24/h4-7,10H,2-3,8-9H2,1H3,(H,23,25). The van der Waals surface area contributed by atoms with Crippen LogP contribution < -0.4 is 10.2 Å². The van der Waals surface area contributed by atoms with Gasteiger partial charge in [-0.25, -0.2) is 9.97 Å². The molecular formula is C17H17F3N4O. The number of hydrogen-bond acceptors (Lipinski definition) is 4. The minimum absolute atomic E-state index is 0.109. The summed E-state index contributed by atoms with van der Waals surface area (Å²) in [5, 5.41) is 2.57. The molecule has 25 heavy (non-hydrogen) atoms. The molecule has 1 N–H and O–H groups in total. The molecule has 1 amide bonds. The molecule has 0 atom stereocenters. The van der Waals surface area contributed by atoms with Crippen LogP contribution in [0, 0.1) is 6.92 Å². The molecule has 0 spiro atoms. The minimum atomic E-state index is -4.48. The number of halogens is 3. The Hall–Kier alpha value is -2.64. The maximum Gasteiger partial charge on any atom is 0.416 e. The first-order chi connectivity index (χ1) is 11.8. The summed E-state index contributed by atoms with van der Waals surface area (Å²) in [4.78, 5) is 22.3. The quantitative estimate of drug-likeness (QED) is 0.918. The van der Waals surface area contributed by atoms with Crippen molar-refractivity contribution < 1.29 is 18.0 Å². The van der Waals surface area contributed by atoms with Gasteiger partial charge in [-0.3, -0.25) is 4.79 Å². The lowest BCUT2D eigenvalue weighted by molar-refractivity contribution is -0.137. The van der Waals surface area contributed by atoms with Crippen molar-refractivity contribution >= 4 is 17.3 Å². The zero-order valence-corrected chi connectivity index (χ0v) is 13.6. The highest BCUT2D eigenvalue weighted by Crippen LogP contribution is 2.36. The van der Waals surface area contributed by atoms with Crippen LogP contribution >= 0.6 is 0 Å². The fourth-order valence-corrected chi connectivity index (χ4v) is 2.82. The van der Waals surface area contributed by atoms with Gasteiger partial charge in [0.1, 0.15) is 11.5 Å². The van der Waals surface area contributed by atoms with Crippen molar-refractivity contribution in [3.05, 3.63) is 47.5 Å². The van der Waals surface area contributed by atoms with Crippen molar-refractivity contribution in [3.63, 3.8) is 0 Å². The molecule has 0 saturated carbocycles. The third-order valence-electron chi connectivity index (χ3n) is 4.03. The molecular weight excluding hydrogens is 333 g/mol. The van der Waals surface area contributed by atoms with Crippen LogP contribution in [0.2, 0.25) is 0 Å². The van der Waals surface area contributed by atoms with Crippen LogP contribution in [-0.2, 0) is 6.18 Å². The average molecular weight is 350 g/mol. The molecule has 132 valence electrons. The van der Waals surface area contributed by atoms with Crippen LogP contribution in [0.15, 0.2) is 30.5 Å². The molecule has 2 heterocycles. The van der Waals surface area contributed by atoms with Crippen LogP contribution in [0.5, 0.6) is 0 Å². The molecule has 2 aromatic rings. The summed E-state index contributed by atoms with van der Waals surface area (Å²) in [6.07, 6.45) is -1.10. The summed E-state index contributed by atoms with van der Waals surface area (Å²) in [5.41, 5.74) is 0.0320. The molecule has 1 saturated heterocycles. The first-order valence-electron chi connectivity index (χ1n) is 7.92. The van der Waals surface area contributed by atoms with Gasteiger partial charge in [0, 0.05) is 19.3 Å². The van der Waals surface area contributed by atoms with Crippen molar-refractivity contribution in [2.24, 2.45) is 0 Å². The number of amides is 1. The predicted molar refractivity (Wildman–Crippen MR) is 87.6 cm³/mol. The lowest BCUT2D eigenvalue weighted by Crippen LogP contribution is -2.22. The van der Waals surface area contributed by atoms with Gasteiger partial charge in [0.25, 0.3) is 5.91 Å². The van der Waals surface area contributed by atoms with E-state index in [1.807, 2.05) is 4.90 Å². The third-order valence-corrected chi connectivity index (χ3v) is 4.03. The van der Waals surface area contributed by atoms with Gasteiger partial charge in [-0.2, -0.15) is 13.2 Å². The molecule has 1 aromatic carbocycles. The highest BCUT2D eigenvalue weighted by molar-refractivity contribution is 6.04. The molecule has 1 fully saturated rings. The number of anilines is 2. The van der Waals surface area contributed by atoms with Crippen LogP contribution in [0.4, 0.5) is 24.5 Å². The molecule has 3 rings (SSSR count). The Bertz CT molecular complexity index is 786. The lowest BCUT2D eigenvalue weighted by atomic mass is 10.1. The van der Waals surface area contributed by atoms with Crippen molar-refractivity contribution in [2.45, 2.75) is 25.9 Å². The number of nitrogens with one attached hydrogen (secondary N) is 1. The Morgan fingerprint density at radius 1 is 1.20 bits per heavy atom. The Balaban J connectivity index is 1.95. The second-order valence-corrected chi connectivity index (χ2v) is 5.87. The maximum atomic E-state index is 13.0. The first kappa shape index (κ1) is 17.2. The molecule has 1 aromatic heterocycles. The van der Waals surface area contributed by atoms with E-state index in [1.165, 1.54) is 18.3 Å². The summed E-state index contributed by atoms with van der Waals surface area (Å²) in [5.74, 6) is -0.151. The van der Waals surface area contributed by atoms with Crippen LogP contribution in [0.3, 0.4) is 0 Å². The average Bonchev–Trinajstić information content (AvgIpc) is 3.08. The monoisotopic (exact) mass is 350 g/mol. The van der Waals surface area contributed by atoms with Crippen LogP contribution in [-0.4, -0.2) is 29.0 Å². The van der Waals surface area contributed by atoms with E-state index in [2.05, 4.69) is 15.3 Å². The molecule has 0 bridgehead atoms. The second kappa shape index (κ2) is 6.70. The number of aryl methyl sites for hydroxylation is 1. The topological polar surface area (TPSA) is 58.1 Å². The van der Waals surface area contributed by atoms with Crippen molar-refractivity contribution in [1.82, 2.24) is 9.97 Å². The highest BCUT2D eigenvalue weighted by atomic mass is 19.4. The molecule has 0 unspecified atom stereocenters. The third kappa shape index (κ3) is 3.89. The minimum Gasteiger partial charge on any atom is -0.370 e. The van der Waals surface area contributed by atoms with E-state index in [4.69, 9.17) is 0 Å². The SMILES string of the molecule is Cc1nccc(C(=O)Nc2cc(C(F)(F)F)ccc2N2CCCC2)n1. The fraction of sp³-hybridized carbons (Fsp3) is 0.353. The maximum absolute atomic E-state index is 13.0. The Morgan fingerprint density at radius 2 is 1.92 bits per heavy atom. The second-order valence-electron chi connectivity index (χ2n) is 5.87. The number of rotatable bonds is 3. The number of carbonyl (C=O) groups excluding carboxylic acids is 1. The van der Waals surface area contributed by atoms with E-state index in [1.54, 1.807) is 6.92 Å². The predicted octanol–water partition coefficient (Wildman–Crippen LogP) is 3.66. The van der Waals surface area contributed by atoms with Crippen molar-refractivity contribution in [3.8, 4) is 0 Å². The molecule has 5 nitrogen and oxygen atoms in total. The molecule has 0 radical (unpaired) electrons. The van der Waals surface area contributed by atoms with Crippen LogP contribution in [0.25, 0.3) is 0 Å². The summed E-state index contributed by atoms with van der Waals surface area (Å²) in [6.45, 7) is 3.14. The van der Waals surface area contributed by atoms with Gasteiger partial charge in [0.15, 0.2) is 0 Å². The van der Waals surface area contributed by atoms with E-state index >= 15 is 0 Å². The van der Waals surface area contributed by atoms with Crippen LogP contribution in [0.1, 0.15) is 34.7 Å². The van der Waals surface area contributed by atoms with E-state index in [-0.39, 0.29) is 11.4 Å². The Kier molecular flexibility index (Phi) is 4.61. The van der Waals surface area contributed by atoms with Crippen molar-refractivity contribution in [2.75, 3.05) is 23.3 Å². The zero-order valence-electron chi connectivity index (χ0n) is 13.6. The van der Waals surface area contributed by atoms with Gasteiger partial charge < -0.3 is 10.2 Å². The van der Waals surface area contributed by atoms with Gasteiger partial charge in [-0.1, -0.05) is 0 Å². The Morgan fingerprint density at radius 3 is 2.56 bits per heavy atom. The van der Waals surface area contributed by atoms with E-state index in [0.29, 0.717) is 11.5 Å². The van der Waals surface area contributed by atoms with Gasteiger partial charge >= 0.3 is 6.18 Å². The number of aromatic nitrogens is 2. The van der Waals surface area contributed by atoms with E-state index < -0.39 is 17.6 Å². The fourth-order valence-electron chi connectivity index (χ4n) is 2.82. The number of alkyl halides is 3. The summed E-state index contributed by atoms with van der Waals surface area (Å²) < 4.78 is 39.1. The van der Waals surface area contributed by atoms with E-state index in [0.717, 1.165) is 38.1 Å². The number of hydrogen-bond donors (Lipinski definition) is 1. The molecule has 0 aliphatic carbocycles. The summed E-state index contributed by atoms with van der Waals surface area (Å²) in [7, 11) is 0. The summed E-state index contributed by atoms with van der Waals surface area (Å²) >= 11 is 0. The largest absolute Gasteiger partial charge is 0.416 e. The highest BCUT2D eigenvalue weighted by Gasteiger charge is 2.32. The molecule has 1 aliphatic rings. The van der Waals surface area contributed by atoms with E-state index in [9.17, 15) is 18.0 Å². The Labute approximate surface area is 142 Å². The van der Waals surface area contributed by atoms with Gasteiger partial charge in [0.2, 0.25) is 0 Å². The number of carbonyl (C=O) groups is 1. The van der Waals surface area contributed by atoms with Gasteiger partial charge in [-0.05, 0) is 44.0 Å². The van der Waals surface area contributed by atoms with Crippen molar-refractivity contribution in [1.29, 1.82) is 0 Å². The molecule has 1 aliphatic heterocycles. The first-order valence-corrected chi connectivity index (χ1v) is 7.92.